The first kappa shape index (κ1) is 13.1. The molecule has 1 fully saturated rings. The summed E-state index contributed by atoms with van der Waals surface area (Å²) in [5.41, 5.74) is 1.15. The van der Waals surface area contributed by atoms with Crippen LogP contribution in [0.15, 0.2) is 30.3 Å². The summed E-state index contributed by atoms with van der Waals surface area (Å²) in [6, 6.07) is 10.6. The summed E-state index contributed by atoms with van der Waals surface area (Å²) in [5.74, 6) is 0.171. The monoisotopic (exact) mass is 246 g/mol. The molecule has 18 heavy (non-hydrogen) atoms. The van der Waals surface area contributed by atoms with Crippen LogP contribution in [0.3, 0.4) is 0 Å². The standard InChI is InChI=1S/C15H22N2O/c1-12(2)17-10-6-9-14(17)15(18)16-11-13-7-4-3-5-8-13/h3-5,7-8,12,14H,6,9-11H2,1-2H3,(H,16,18). The lowest BCUT2D eigenvalue weighted by Crippen LogP contribution is -2.45. The van der Waals surface area contributed by atoms with E-state index >= 15 is 0 Å². The number of likely N-dealkylation sites (tertiary alicyclic amines) is 1. The number of hydrogen-bond acceptors (Lipinski definition) is 2. The predicted molar refractivity (Wildman–Crippen MR) is 73.2 cm³/mol. The smallest absolute Gasteiger partial charge is 0.237 e. The maximum atomic E-state index is 12.2. The van der Waals surface area contributed by atoms with Crippen LogP contribution >= 0.6 is 0 Å². The van der Waals surface area contributed by atoms with E-state index in [0.29, 0.717) is 12.6 Å². The van der Waals surface area contributed by atoms with Gasteiger partial charge in [-0.3, -0.25) is 9.69 Å². The van der Waals surface area contributed by atoms with Gasteiger partial charge in [0.05, 0.1) is 6.04 Å². The van der Waals surface area contributed by atoms with E-state index in [4.69, 9.17) is 0 Å². The van der Waals surface area contributed by atoms with Crippen LogP contribution in [0.4, 0.5) is 0 Å². The summed E-state index contributed by atoms with van der Waals surface area (Å²) in [5, 5.41) is 3.05. The number of hydrogen-bond donors (Lipinski definition) is 1. The molecular weight excluding hydrogens is 224 g/mol. The van der Waals surface area contributed by atoms with Gasteiger partial charge in [-0.1, -0.05) is 30.3 Å². The van der Waals surface area contributed by atoms with Gasteiger partial charge in [0.1, 0.15) is 0 Å². The van der Waals surface area contributed by atoms with Crippen LogP contribution in [0.25, 0.3) is 0 Å². The Morgan fingerprint density at radius 1 is 1.39 bits per heavy atom. The van der Waals surface area contributed by atoms with Crippen molar-refractivity contribution in [3.8, 4) is 0 Å². The van der Waals surface area contributed by atoms with Gasteiger partial charge in [0.25, 0.3) is 0 Å². The van der Waals surface area contributed by atoms with Gasteiger partial charge in [0.2, 0.25) is 5.91 Å². The largest absolute Gasteiger partial charge is 0.351 e. The lowest BCUT2D eigenvalue weighted by molar-refractivity contribution is -0.126. The molecule has 3 nitrogen and oxygen atoms in total. The van der Waals surface area contributed by atoms with Crippen molar-refractivity contribution in [2.24, 2.45) is 0 Å². The van der Waals surface area contributed by atoms with Crippen LogP contribution in [0.5, 0.6) is 0 Å². The Morgan fingerprint density at radius 3 is 2.78 bits per heavy atom. The molecule has 0 aromatic heterocycles. The average Bonchev–Trinajstić information content (AvgIpc) is 2.86. The van der Waals surface area contributed by atoms with E-state index in [1.165, 1.54) is 0 Å². The predicted octanol–water partition coefficient (Wildman–Crippen LogP) is 2.18. The summed E-state index contributed by atoms with van der Waals surface area (Å²) in [6.45, 7) is 5.98. The second-order valence-corrected chi connectivity index (χ2v) is 5.19. The molecule has 1 saturated heterocycles. The number of carbonyl (C=O) groups excluding carboxylic acids is 1. The van der Waals surface area contributed by atoms with E-state index in [0.717, 1.165) is 24.9 Å². The first-order valence-electron chi connectivity index (χ1n) is 6.76. The van der Waals surface area contributed by atoms with Gasteiger partial charge in [-0.05, 0) is 38.8 Å². The third-order valence-electron chi connectivity index (χ3n) is 3.57. The Kier molecular flexibility index (Phi) is 4.37. The highest BCUT2D eigenvalue weighted by molar-refractivity contribution is 5.82. The number of benzene rings is 1. The summed E-state index contributed by atoms with van der Waals surface area (Å²) < 4.78 is 0. The molecule has 1 unspecified atom stereocenters. The highest BCUT2D eigenvalue weighted by atomic mass is 16.2. The van der Waals surface area contributed by atoms with Crippen LogP contribution in [-0.2, 0) is 11.3 Å². The van der Waals surface area contributed by atoms with E-state index in [1.54, 1.807) is 0 Å². The third kappa shape index (κ3) is 3.10. The highest BCUT2D eigenvalue weighted by Gasteiger charge is 2.31. The maximum absolute atomic E-state index is 12.2. The molecule has 1 N–H and O–H groups in total. The number of amides is 1. The minimum atomic E-state index is 0.0636. The van der Waals surface area contributed by atoms with E-state index in [1.807, 2.05) is 30.3 Å². The quantitative estimate of drug-likeness (QED) is 0.883. The van der Waals surface area contributed by atoms with Crippen LogP contribution in [0.2, 0.25) is 0 Å². The van der Waals surface area contributed by atoms with Crippen molar-refractivity contribution in [2.75, 3.05) is 6.54 Å². The molecule has 1 aromatic rings. The fourth-order valence-corrected chi connectivity index (χ4v) is 2.59. The minimum Gasteiger partial charge on any atom is -0.351 e. The van der Waals surface area contributed by atoms with Gasteiger partial charge in [-0.15, -0.1) is 0 Å². The second kappa shape index (κ2) is 6.01. The molecule has 1 amide bonds. The van der Waals surface area contributed by atoms with Gasteiger partial charge in [0.15, 0.2) is 0 Å². The van der Waals surface area contributed by atoms with Crippen molar-refractivity contribution in [1.82, 2.24) is 10.2 Å². The molecule has 1 aromatic carbocycles. The molecule has 1 aliphatic heterocycles. The van der Waals surface area contributed by atoms with Crippen molar-refractivity contribution in [3.63, 3.8) is 0 Å². The third-order valence-corrected chi connectivity index (χ3v) is 3.57. The van der Waals surface area contributed by atoms with Crippen molar-refractivity contribution in [1.29, 1.82) is 0 Å². The molecule has 1 aliphatic rings. The molecular formula is C15H22N2O. The SMILES string of the molecule is CC(C)N1CCCC1C(=O)NCc1ccccc1. The Bertz CT molecular complexity index is 389. The number of nitrogens with one attached hydrogen (secondary N) is 1. The first-order chi connectivity index (χ1) is 8.68. The number of carbonyl (C=O) groups is 1. The van der Waals surface area contributed by atoms with Crippen molar-refractivity contribution >= 4 is 5.91 Å². The molecule has 98 valence electrons. The van der Waals surface area contributed by atoms with Gasteiger partial charge in [0, 0.05) is 12.6 Å². The maximum Gasteiger partial charge on any atom is 0.237 e. The van der Waals surface area contributed by atoms with E-state index in [9.17, 15) is 4.79 Å². The van der Waals surface area contributed by atoms with Gasteiger partial charge < -0.3 is 5.32 Å². The molecule has 0 spiro atoms. The van der Waals surface area contributed by atoms with E-state index < -0.39 is 0 Å². The van der Waals surface area contributed by atoms with Crippen LogP contribution in [0.1, 0.15) is 32.3 Å². The average molecular weight is 246 g/mol. The number of nitrogens with zero attached hydrogens (tertiary/aromatic N) is 1. The molecule has 0 bridgehead atoms. The van der Waals surface area contributed by atoms with Gasteiger partial charge in [-0.25, -0.2) is 0 Å². The van der Waals surface area contributed by atoms with Crippen LogP contribution < -0.4 is 5.32 Å². The lowest BCUT2D eigenvalue weighted by atomic mass is 10.1. The number of rotatable bonds is 4. The van der Waals surface area contributed by atoms with Gasteiger partial charge in [-0.2, -0.15) is 0 Å². The van der Waals surface area contributed by atoms with Crippen LogP contribution in [-0.4, -0.2) is 29.4 Å². The summed E-state index contributed by atoms with van der Waals surface area (Å²) in [6.07, 6.45) is 2.11. The fourth-order valence-electron chi connectivity index (χ4n) is 2.59. The lowest BCUT2D eigenvalue weighted by Gasteiger charge is -2.27. The Balaban J connectivity index is 1.88. The topological polar surface area (TPSA) is 32.3 Å². The highest BCUT2D eigenvalue weighted by Crippen LogP contribution is 2.20. The van der Waals surface area contributed by atoms with Crippen molar-refractivity contribution in [3.05, 3.63) is 35.9 Å². The van der Waals surface area contributed by atoms with E-state index in [2.05, 4.69) is 24.1 Å². The molecule has 2 rings (SSSR count). The minimum absolute atomic E-state index is 0.0636. The Labute approximate surface area is 109 Å². The normalized spacial score (nSPS) is 20.3. The second-order valence-electron chi connectivity index (χ2n) is 5.19. The summed E-state index contributed by atoms with van der Waals surface area (Å²) >= 11 is 0. The molecule has 3 heteroatoms. The summed E-state index contributed by atoms with van der Waals surface area (Å²) in [4.78, 5) is 14.5. The molecule has 1 heterocycles. The fraction of sp³-hybridized carbons (Fsp3) is 0.533. The zero-order chi connectivity index (χ0) is 13.0. The van der Waals surface area contributed by atoms with E-state index in [-0.39, 0.29) is 11.9 Å². The zero-order valence-electron chi connectivity index (χ0n) is 11.2. The Hall–Kier alpha value is -1.35. The Morgan fingerprint density at radius 2 is 2.11 bits per heavy atom. The molecule has 0 aliphatic carbocycles. The van der Waals surface area contributed by atoms with Crippen LogP contribution in [0, 0.1) is 0 Å². The molecule has 0 radical (unpaired) electrons. The zero-order valence-corrected chi connectivity index (χ0v) is 11.2. The van der Waals surface area contributed by atoms with Crippen molar-refractivity contribution < 1.29 is 4.79 Å². The first-order valence-corrected chi connectivity index (χ1v) is 6.76. The molecule has 1 atom stereocenters. The molecule has 0 saturated carbocycles. The van der Waals surface area contributed by atoms with Crippen molar-refractivity contribution in [2.45, 2.75) is 45.3 Å². The summed E-state index contributed by atoms with van der Waals surface area (Å²) in [7, 11) is 0. The van der Waals surface area contributed by atoms with Gasteiger partial charge >= 0.3 is 0 Å².